The molecule has 3 rings (SSSR count). The highest BCUT2D eigenvalue weighted by Gasteiger charge is 2.24. The maximum Gasteiger partial charge on any atom is 0.0279 e. The van der Waals surface area contributed by atoms with Crippen LogP contribution in [0.2, 0.25) is 0 Å². The number of hydrogen-bond acceptors (Lipinski definition) is 2. The second kappa shape index (κ2) is 5.72. The Balaban J connectivity index is 1.79. The first-order valence-corrected chi connectivity index (χ1v) is 7.30. The Morgan fingerprint density at radius 1 is 1.05 bits per heavy atom. The number of benzene rings is 2. The summed E-state index contributed by atoms with van der Waals surface area (Å²) >= 11 is 0. The SMILES string of the molecule is NNC(Cc1ccc2ccccc2c1)C1CCCC1. The molecule has 2 aromatic rings. The van der Waals surface area contributed by atoms with E-state index in [0.717, 1.165) is 12.3 Å². The van der Waals surface area contributed by atoms with E-state index in [0.29, 0.717) is 6.04 Å². The largest absolute Gasteiger partial charge is 0.271 e. The summed E-state index contributed by atoms with van der Waals surface area (Å²) in [5.41, 5.74) is 4.42. The van der Waals surface area contributed by atoms with Crippen LogP contribution in [0.1, 0.15) is 31.2 Å². The molecule has 1 saturated carbocycles. The Hall–Kier alpha value is -1.38. The molecule has 0 radical (unpaired) electrons. The fourth-order valence-corrected chi connectivity index (χ4v) is 3.34. The zero-order chi connectivity index (χ0) is 13.1. The van der Waals surface area contributed by atoms with Crippen molar-refractivity contribution in [3.05, 3.63) is 48.0 Å². The first-order chi connectivity index (χ1) is 9.36. The molecule has 0 bridgehead atoms. The first kappa shape index (κ1) is 12.6. The molecule has 0 amide bonds. The summed E-state index contributed by atoms with van der Waals surface area (Å²) in [5.74, 6) is 6.51. The van der Waals surface area contributed by atoms with Gasteiger partial charge in [0.2, 0.25) is 0 Å². The Labute approximate surface area is 115 Å². The maximum absolute atomic E-state index is 5.76. The van der Waals surface area contributed by atoms with E-state index in [4.69, 9.17) is 5.84 Å². The molecule has 0 spiro atoms. The Morgan fingerprint density at radius 3 is 2.53 bits per heavy atom. The quantitative estimate of drug-likeness (QED) is 0.648. The molecular weight excluding hydrogens is 232 g/mol. The van der Waals surface area contributed by atoms with E-state index >= 15 is 0 Å². The van der Waals surface area contributed by atoms with Crippen LogP contribution in [0.3, 0.4) is 0 Å². The van der Waals surface area contributed by atoms with Gasteiger partial charge in [0, 0.05) is 6.04 Å². The molecule has 0 saturated heterocycles. The van der Waals surface area contributed by atoms with Crippen LogP contribution in [0, 0.1) is 5.92 Å². The zero-order valence-electron chi connectivity index (χ0n) is 11.3. The highest BCUT2D eigenvalue weighted by Crippen LogP contribution is 2.29. The fourth-order valence-electron chi connectivity index (χ4n) is 3.34. The van der Waals surface area contributed by atoms with Gasteiger partial charge in [-0.25, -0.2) is 0 Å². The smallest absolute Gasteiger partial charge is 0.0279 e. The standard InChI is InChI=1S/C17H22N2/c18-19-17(15-6-2-3-7-15)12-13-9-10-14-5-1-4-8-16(14)11-13/h1,4-5,8-11,15,17,19H,2-3,6-7,12,18H2. The molecular formula is C17H22N2. The van der Waals surface area contributed by atoms with Crippen molar-refractivity contribution in [2.75, 3.05) is 0 Å². The number of hydrogen-bond donors (Lipinski definition) is 2. The molecule has 2 nitrogen and oxygen atoms in total. The van der Waals surface area contributed by atoms with Crippen LogP contribution in [0.25, 0.3) is 10.8 Å². The lowest BCUT2D eigenvalue weighted by molar-refractivity contribution is 0.361. The van der Waals surface area contributed by atoms with E-state index in [9.17, 15) is 0 Å². The predicted molar refractivity (Wildman–Crippen MR) is 80.7 cm³/mol. The van der Waals surface area contributed by atoms with Crippen LogP contribution in [0.15, 0.2) is 42.5 Å². The van der Waals surface area contributed by atoms with Crippen LogP contribution >= 0.6 is 0 Å². The fraction of sp³-hybridized carbons (Fsp3) is 0.412. The van der Waals surface area contributed by atoms with Crippen molar-refractivity contribution in [1.82, 2.24) is 5.43 Å². The molecule has 0 aromatic heterocycles. The Kier molecular flexibility index (Phi) is 3.81. The van der Waals surface area contributed by atoms with Gasteiger partial charge in [-0.1, -0.05) is 55.3 Å². The topological polar surface area (TPSA) is 38.0 Å². The summed E-state index contributed by atoms with van der Waals surface area (Å²) in [6.45, 7) is 0. The van der Waals surface area contributed by atoms with Crippen molar-refractivity contribution >= 4 is 10.8 Å². The second-order valence-corrected chi connectivity index (χ2v) is 5.70. The van der Waals surface area contributed by atoms with Crippen LogP contribution in [-0.2, 0) is 6.42 Å². The van der Waals surface area contributed by atoms with Gasteiger partial charge in [-0.2, -0.15) is 0 Å². The highest BCUT2D eigenvalue weighted by molar-refractivity contribution is 5.82. The molecule has 3 N–H and O–H groups in total. The number of rotatable bonds is 4. The van der Waals surface area contributed by atoms with Gasteiger partial charge in [0.1, 0.15) is 0 Å². The van der Waals surface area contributed by atoms with Crippen molar-refractivity contribution in [1.29, 1.82) is 0 Å². The molecule has 1 aliphatic carbocycles. The molecule has 1 fully saturated rings. The lowest BCUT2D eigenvalue weighted by Gasteiger charge is -2.22. The second-order valence-electron chi connectivity index (χ2n) is 5.70. The monoisotopic (exact) mass is 254 g/mol. The number of nitrogens with one attached hydrogen (secondary N) is 1. The van der Waals surface area contributed by atoms with Crippen LogP contribution < -0.4 is 11.3 Å². The summed E-state index contributed by atoms with van der Waals surface area (Å²) in [4.78, 5) is 0. The lowest BCUT2D eigenvalue weighted by Crippen LogP contribution is -2.41. The third-order valence-corrected chi connectivity index (χ3v) is 4.45. The Morgan fingerprint density at radius 2 is 1.79 bits per heavy atom. The van der Waals surface area contributed by atoms with E-state index in [-0.39, 0.29) is 0 Å². The van der Waals surface area contributed by atoms with Gasteiger partial charge in [0.15, 0.2) is 0 Å². The molecule has 19 heavy (non-hydrogen) atoms. The lowest BCUT2D eigenvalue weighted by atomic mass is 9.92. The molecule has 1 aliphatic rings. The third kappa shape index (κ3) is 2.80. The Bertz CT molecular complexity index is 544. The molecule has 2 heteroatoms. The van der Waals surface area contributed by atoms with Crippen molar-refractivity contribution < 1.29 is 0 Å². The summed E-state index contributed by atoms with van der Waals surface area (Å²) in [7, 11) is 0. The van der Waals surface area contributed by atoms with E-state index < -0.39 is 0 Å². The summed E-state index contributed by atoms with van der Waals surface area (Å²) in [5, 5.41) is 2.63. The van der Waals surface area contributed by atoms with Gasteiger partial charge >= 0.3 is 0 Å². The normalized spacial score (nSPS) is 17.9. The van der Waals surface area contributed by atoms with Crippen LogP contribution in [0.4, 0.5) is 0 Å². The summed E-state index contributed by atoms with van der Waals surface area (Å²) in [6.07, 6.45) is 6.40. The van der Waals surface area contributed by atoms with Crippen molar-refractivity contribution in [3.63, 3.8) is 0 Å². The van der Waals surface area contributed by atoms with E-state index in [1.807, 2.05) is 0 Å². The van der Waals surface area contributed by atoms with Gasteiger partial charge < -0.3 is 0 Å². The van der Waals surface area contributed by atoms with Crippen molar-refractivity contribution in [2.24, 2.45) is 11.8 Å². The molecule has 1 atom stereocenters. The molecule has 100 valence electrons. The maximum atomic E-state index is 5.76. The number of fused-ring (bicyclic) bond motifs is 1. The number of hydrazine groups is 1. The van der Waals surface area contributed by atoms with Gasteiger partial charge in [0.25, 0.3) is 0 Å². The predicted octanol–water partition coefficient (Wildman–Crippen LogP) is 3.40. The average Bonchev–Trinajstić information content (AvgIpc) is 2.98. The molecule has 2 aromatic carbocycles. The third-order valence-electron chi connectivity index (χ3n) is 4.45. The van der Waals surface area contributed by atoms with Gasteiger partial charge in [-0.15, -0.1) is 0 Å². The van der Waals surface area contributed by atoms with Gasteiger partial charge in [-0.05, 0) is 41.5 Å². The summed E-state index contributed by atoms with van der Waals surface area (Å²) < 4.78 is 0. The van der Waals surface area contributed by atoms with Crippen molar-refractivity contribution in [2.45, 2.75) is 38.1 Å². The van der Waals surface area contributed by atoms with E-state index in [1.54, 1.807) is 0 Å². The minimum Gasteiger partial charge on any atom is -0.271 e. The summed E-state index contributed by atoms with van der Waals surface area (Å²) in [6, 6.07) is 15.7. The van der Waals surface area contributed by atoms with Crippen LogP contribution in [-0.4, -0.2) is 6.04 Å². The number of nitrogens with two attached hydrogens (primary N) is 1. The van der Waals surface area contributed by atoms with E-state index in [2.05, 4.69) is 47.9 Å². The van der Waals surface area contributed by atoms with Crippen molar-refractivity contribution in [3.8, 4) is 0 Å². The molecule has 1 unspecified atom stereocenters. The minimum atomic E-state index is 0.420. The zero-order valence-corrected chi connectivity index (χ0v) is 11.3. The first-order valence-electron chi connectivity index (χ1n) is 7.30. The van der Waals surface area contributed by atoms with Crippen LogP contribution in [0.5, 0.6) is 0 Å². The minimum absolute atomic E-state index is 0.420. The molecule has 0 aliphatic heterocycles. The average molecular weight is 254 g/mol. The molecule has 0 heterocycles. The van der Waals surface area contributed by atoms with E-state index in [1.165, 1.54) is 42.0 Å². The van der Waals surface area contributed by atoms with Gasteiger partial charge in [-0.3, -0.25) is 11.3 Å². The van der Waals surface area contributed by atoms with Gasteiger partial charge in [0.05, 0.1) is 0 Å². The highest BCUT2D eigenvalue weighted by atomic mass is 15.2.